The van der Waals surface area contributed by atoms with Crippen molar-refractivity contribution >= 4 is 45.8 Å². The number of nitrogens with one attached hydrogen (secondary N) is 2. The number of thiophene rings is 1. The van der Waals surface area contributed by atoms with Gasteiger partial charge < -0.3 is 10.6 Å². The molecule has 2 rings (SSSR count). The first-order valence-corrected chi connectivity index (χ1v) is 7.70. The van der Waals surface area contributed by atoms with Crippen LogP contribution in [0.15, 0.2) is 27.7 Å². The van der Waals surface area contributed by atoms with Crippen LogP contribution in [0, 0.1) is 0 Å². The van der Waals surface area contributed by atoms with Gasteiger partial charge in [0.1, 0.15) is 0 Å². The highest BCUT2D eigenvalue weighted by Crippen LogP contribution is 2.21. The van der Waals surface area contributed by atoms with Gasteiger partial charge in [0.15, 0.2) is 5.17 Å². The minimum absolute atomic E-state index is 0.150. The Balaban J connectivity index is 2.11. The molecule has 2 heterocycles. The van der Waals surface area contributed by atoms with Crippen molar-refractivity contribution in [1.29, 1.82) is 0 Å². The van der Waals surface area contributed by atoms with Gasteiger partial charge in [0.2, 0.25) is 11.8 Å². The van der Waals surface area contributed by atoms with Crippen LogP contribution in [-0.4, -0.2) is 35.0 Å². The summed E-state index contributed by atoms with van der Waals surface area (Å²) in [6, 6.07) is 3.88. The second-order valence-corrected chi connectivity index (χ2v) is 6.18. The summed E-state index contributed by atoms with van der Waals surface area (Å²) in [5.41, 5.74) is 0.768. The second kappa shape index (κ2) is 6.67. The maximum atomic E-state index is 11.6. The first kappa shape index (κ1) is 14.7. The number of thioether (sulfide) groups is 1. The molecule has 0 spiro atoms. The molecule has 1 atom stereocenters. The molecule has 0 bridgehead atoms. The highest BCUT2D eigenvalue weighted by atomic mass is 32.2. The SMILES string of the molecule is CNC(=O)[C@@H]1CC(=O)N/C(=N\N=C(\C)c2cccs2)S1. The number of hydrogen-bond acceptors (Lipinski definition) is 6. The van der Waals surface area contributed by atoms with Crippen LogP contribution in [0.4, 0.5) is 0 Å². The van der Waals surface area contributed by atoms with Crippen LogP contribution in [0.1, 0.15) is 18.2 Å². The van der Waals surface area contributed by atoms with Crippen LogP contribution >= 0.6 is 23.1 Å². The lowest BCUT2D eigenvalue weighted by Gasteiger charge is -2.20. The van der Waals surface area contributed by atoms with E-state index in [1.54, 1.807) is 18.4 Å². The summed E-state index contributed by atoms with van der Waals surface area (Å²) in [6.45, 7) is 1.85. The summed E-state index contributed by atoms with van der Waals surface area (Å²) in [5, 5.41) is 15.1. The number of nitrogens with zero attached hydrogens (tertiary/aromatic N) is 2. The van der Waals surface area contributed by atoms with Crippen LogP contribution in [-0.2, 0) is 9.59 Å². The van der Waals surface area contributed by atoms with Crippen molar-refractivity contribution in [2.45, 2.75) is 18.6 Å². The lowest BCUT2D eigenvalue weighted by Crippen LogP contribution is -2.43. The molecule has 1 saturated heterocycles. The molecule has 1 aromatic rings. The normalized spacial score (nSPS) is 21.7. The zero-order chi connectivity index (χ0) is 14.5. The third-order valence-electron chi connectivity index (χ3n) is 2.58. The van der Waals surface area contributed by atoms with Crippen molar-refractivity contribution in [2.24, 2.45) is 10.2 Å². The lowest BCUT2D eigenvalue weighted by molar-refractivity contribution is -0.125. The van der Waals surface area contributed by atoms with Gasteiger partial charge in [-0.2, -0.15) is 5.10 Å². The Kier molecular flexibility index (Phi) is 4.91. The van der Waals surface area contributed by atoms with Crippen LogP contribution in [0.5, 0.6) is 0 Å². The predicted octanol–water partition coefficient (Wildman–Crippen LogP) is 1.20. The number of amides is 2. The molecule has 8 heteroatoms. The molecular formula is C12H14N4O2S2. The van der Waals surface area contributed by atoms with E-state index in [1.165, 1.54) is 11.8 Å². The van der Waals surface area contributed by atoms with E-state index in [2.05, 4.69) is 20.8 Å². The molecule has 0 aliphatic carbocycles. The Morgan fingerprint density at radius 1 is 1.55 bits per heavy atom. The van der Waals surface area contributed by atoms with Gasteiger partial charge >= 0.3 is 0 Å². The molecule has 0 unspecified atom stereocenters. The zero-order valence-electron chi connectivity index (χ0n) is 11.0. The Morgan fingerprint density at radius 2 is 2.35 bits per heavy atom. The van der Waals surface area contributed by atoms with Gasteiger partial charge in [0, 0.05) is 13.5 Å². The molecule has 0 saturated carbocycles. The minimum Gasteiger partial charge on any atom is -0.358 e. The molecule has 0 radical (unpaired) electrons. The van der Waals surface area contributed by atoms with Gasteiger partial charge in [-0.1, -0.05) is 17.8 Å². The maximum Gasteiger partial charge on any atom is 0.233 e. The van der Waals surface area contributed by atoms with Crippen LogP contribution in [0.2, 0.25) is 0 Å². The fraction of sp³-hybridized carbons (Fsp3) is 0.333. The van der Waals surface area contributed by atoms with Gasteiger partial charge in [-0.25, -0.2) is 0 Å². The summed E-state index contributed by atoms with van der Waals surface area (Å²) in [7, 11) is 1.55. The van der Waals surface area contributed by atoms with Gasteiger partial charge in [-0.15, -0.1) is 16.4 Å². The minimum atomic E-state index is -0.454. The molecule has 6 nitrogen and oxygen atoms in total. The topological polar surface area (TPSA) is 82.9 Å². The third-order valence-corrected chi connectivity index (χ3v) is 4.63. The van der Waals surface area contributed by atoms with E-state index in [1.807, 2.05) is 24.4 Å². The summed E-state index contributed by atoms with van der Waals surface area (Å²) < 4.78 is 0. The standard InChI is InChI=1S/C12H14N4O2S2/c1-7(8-4-3-5-19-8)15-16-12-14-10(17)6-9(20-12)11(18)13-2/h3-5,9H,6H2,1-2H3,(H,13,18)(H,14,16,17)/b15-7-/t9-/m0/s1. The smallest absolute Gasteiger partial charge is 0.233 e. The fourth-order valence-electron chi connectivity index (χ4n) is 1.55. The van der Waals surface area contributed by atoms with Crippen molar-refractivity contribution < 1.29 is 9.59 Å². The fourth-order valence-corrected chi connectivity index (χ4v) is 3.22. The average Bonchev–Trinajstić information content (AvgIpc) is 2.97. The first-order valence-electron chi connectivity index (χ1n) is 5.94. The van der Waals surface area contributed by atoms with E-state index in [0.717, 1.165) is 10.6 Å². The van der Waals surface area contributed by atoms with Gasteiger partial charge in [0.25, 0.3) is 0 Å². The quantitative estimate of drug-likeness (QED) is 0.650. The largest absolute Gasteiger partial charge is 0.358 e. The van der Waals surface area contributed by atoms with Crippen molar-refractivity contribution in [3.05, 3.63) is 22.4 Å². The monoisotopic (exact) mass is 310 g/mol. The molecule has 1 fully saturated rings. The lowest BCUT2D eigenvalue weighted by atomic mass is 10.2. The van der Waals surface area contributed by atoms with E-state index in [9.17, 15) is 9.59 Å². The highest BCUT2D eigenvalue weighted by molar-refractivity contribution is 8.15. The first-order chi connectivity index (χ1) is 9.60. The maximum absolute atomic E-state index is 11.6. The van der Waals surface area contributed by atoms with Gasteiger partial charge in [-0.05, 0) is 18.4 Å². The van der Waals surface area contributed by atoms with E-state index in [0.29, 0.717) is 5.17 Å². The summed E-state index contributed by atoms with van der Waals surface area (Å²) in [6.07, 6.45) is 0.150. The van der Waals surface area contributed by atoms with E-state index < -0.39 is 5.25 Å². The Bertz CT molecular complexity index is 566. The molecule has 1 aliphatic heterocycles. The number of hydrogen-bond donors (Lipinski definition) is 2. The van der Waals surface area contributed by atoms with Crippen LogP contribution in [0.3, 0.4) is 0 Å². The molecule has 20 heavy (non-hydrogen) atoms. The second-order valence-electron chi connectivity index (χ2n) is 4.04. The highest BCUT2D eigenvalue weighted by Gasteiger charge is 2.29. The number of rotatable bonds is 3. The van der Waals surface area contributed by atoms with Crippen molar-refractivity contribution in [2.75, 3.05) is 7.05 Å². The van der Waals surface area contributed by atoms with Gasteiger partial charge in [-0.3, -0.25) is 9.59 Å². The zero-order valence-corrected chi connectivity index (χ0v) is 12.7. The van der Waals surface area contributed by atoms with E-state index in [4.69, 9.17) is 0 Å². The molecule has 106 valence electrons. The molecule has 0 aromatic carbocycles. The number of carbonyl (C=O) groups is 2. The predicted molar refractivity (Wildman–Crippen MR) is 82.2 cm³/mol. The molecular weight excluding hydrogens is 296 g/mol. The van der Waals surface area contributed by atoms with E-state index >= 15 is 0 Å². The van der Waals surface area contributed by atoms with E-state index in [-0.39, 0.29) is 18.2 Å². The summed E-state index contributed by atoms with van der Waals surface area (Å²) in [4.78, 5) is 24.1. The summed E-state index contributed by atoms with van der Waals surface area (Å²) in [5.74, 6) is -0.406. The third kappa shape index (κ3) is 3.67. The number of amidine groups is 1. The van der Waals surface area contributed by atoms with Crippen molar-refractivity contribution in [1.82, 2.24) is 10.6 Å². The van der Waals surface area contributed by atoms with Crippen LogP contribution < -0.4 is 10.6 Å². The average molecular weight is 310 g/mol. The van der Waals surface area contributed by atoms with Crippen molar-refractivity contribution in [3.8, 4) is 0 Å². The molecule has 2 amide bonds. The molecule has 1 aromatic heterocycles. The van der Waals surface area contributed by atoms with Gasteiger partial charge in [0.05, 0.1) is 15.8 Å². The molecule has 2 N–H and O–H groups in total. The molecule has 1 aliphatic rings. The van der Waals surface area contributed by atoms with Crippen LogP contribution in [0.25, 0.3) is 0 Å². The Labute approximate surface area is 124 Å². The summed E-state index contributed by atoms with van der Waals surface area (Å²) >= 11 is 2.78. The Morgan fingerprint density at radius 3 is 3.00 bits per heavy atom. The van der Waals surface area contributed by atoms with Crippen molar-refractivity contribution in [3.63, 3.8) is 0 Å². The Hall–Kier alpha value is -1.67. The number of carbonyl (C=O) groups excluding carboxylic acids is 2.